The summed E-state index contributed by atoms with van der Waals surface area (Å²) in [5, 5.41) is 3.37. The third-order valence-corrected chi connectivity index (χ3v) is 5.91. The van der Waals surface area contributed by atoms with Crippen molar-refractivity contribution < 1.29 is 9.47 Å². The van der Waals surface area contributed by atoms with E-state index in [-0.39, 0.29) is 11.6 Å². The summed E-state index contributed by atoms with van der Waals surface area (Å²) in [6.07, 6.45) is 0.769. The quantitative estimate of drug-likeness (QED) is 0.590. The van der Waals surface area contributed by atoms with Crippen LogP contribution >= 0.6 is 11.5 Å². The first kappa shape index (κ1) is 20.0. The molecule has 0 saturated heterocycles. The van der Waals surface area contributed by atoms with Gasteiger partial charge in [0.15, 0.2) is 11.5 Å². The molecule has 1 aromatic heterocycles. The van der Waals surface area contributed by atoms with E-state index in [0.717, 1.165) is 22.4 Å². The maximum absolute atomic E-state index is 12.9. The van der Waals surface area contributed by atoms with E-state index < -0.39 is 0 Å². The number of nitrogens with one attached hydrogen (secondary N) is 1. The molecular formula is C22H26N2O3S. The van der Waals surface area contributed by atoms with E-state index in [2.05, 4.69) is 5.32 Å². The van der Waals surface area contributed by atoms with Crippen LogP contribution in [0.2, 0.25) is 0 Å². The molecule has 2 aromatic carbocycles. The van der Waals surface area contributed by atoms with Crippen molar-refractivity contribution in [2.75, 3.05) is 26.1 Å². The lowest BCUT2D eigenvalue weighted by atomic mass is 10.1. The van der Waals surface area contributed by atoms with E-state index in [0.29, 0.717) is 23.7 Å². The second-order valence-corrected chi connectivity index (χ2v) is 7.74. The molecule has 0 spiro atoms. The van der Waals surface area contributed by atoms with Gasteiger partial charge >= 0.3 is 0 Å². The lowest BCUT2D eigenvalue weighted by Crippen LogP contribution is -2.19. The third kappa shape index (κ3) is 4.22. The molecule has 0 aliphatic carbocycles. The first-order valence-corrected chi connectivity index (χ1v) is 10.1. The van der Waals surface area contributed by atoms with Gasteiger partial charge in [0, 0.05) is 12.6 Å². The molecule has 0 atom stereocenters. The standard InChI is InChI=1S/C22H26N2O3S/c1-15(2)24-22(25)20(21(28-24)17-8-6-5-7-9-17)23-13-12-16-10-11-18(26-3)19(14-16)27-4/h5-11,14-15,23H,12-13H2,1-4H3. The van der Waals surface area contributed by atoms with Crippen molar-refractivity contribution in [3.8, 4) is 21.9 Å². The maximum Gasteiger partial charge on any atom is 0.284 e. The number of rotatable bonds is 8. The SMILES string of the molecule is COc1ccc(CCNc2c(-c3ccccc3)sn(C(C)C)c2=O)cc1OC. The van der Waals surface area contributed by atoms with E-state index in [4.69, 9.17) is 9.47 Å². The molecule has 0 aliphatic rings. The first-order valence-electron chi connectivity index (χ1n) is 9.31. The van der Waals surface area contributed by atoms with Crippen molar-refractivity contribution in [2.24, 2.45) is 0 Å². The Morgan fingerprint density at radius 3 is 2.39 bits per heavy atom. The van der Waals surface area contributed by atoms with Gasteiger partial charge in [0.25, 0.3) is 5.56 Å². The molecule has 0 unspecified atom stereocenters. The fourth-order valence-corrected chi connectivity index (χ4v) is 4.12. The summed E-state index contributed by atoms with van der Waals surface area (Å²) in [7, 11) is 3.26. The molecule has 0 radical (unpaired) electrons. The van der Waals surface area contributed by atoms with E-state index in [9.17, 15) is 4.79 Å². The van der Waals surface area contributed by atoms with Crippen LogP contribution in [0.1, 0.15) is 25.5 Å². The van der Waals surface area contributed by atoms with E-state index in [1.807, 2.05) is 66.3 Å². The molecule has 1 N–H and O–H groups in total. The predicted octanol–water partition coefficient (Wildman–Crippen LogP) is 4.83. The van der Waals surface area contributed by atoms with Crippen molar-refractivity contribution in [3.63, 3.8) is 0 Å². The Bertz CT molecular complexity index is 977. The zero-order chi connectivity index (χ0) is 20.1. The van der Waals surface area contributed by atoms with E-state index in [1.165, 1.54) is 11.5 Å². The summed E-state index contributed by atoms with van der Waals surface area (Å²) in [5.41, 5.74) is 2.87. The van der Waals surface area contributed by atoms with Crippen LogP contribution in [-0.4, -0.2) is 24.7 Å². The summed E-state index contributed by atoms with van der Waals surface area (Å²) in [5.74, 6) is 1.42. The van der Waals surface area contributed by atoms with Crippen LogP contribution in [0.25, 0.3) is 10.4 Å². The van der Waals surface area contributed by atoms with Gasteiger partial charge in [-0.25, -0.2) is 0 Å². The summed E-state index contributed by atoms with van der Waals surface area (Å²) < 4.78 is 12.5. The Morgan fingerprint density at radius 1 is 1.04 bits per heavy atom. The molecule has 6 heteroatoms. The molecule has 3 aromatic rings. The number of ether oxygens (including phenoxy) is 2. The third-order valence-electron chi connectivity index (χ3n) is 4.50. The summed E-state index contributed by atoms with van der Waals surface area (Å²) in [6, 6.07) is 16.1. The number of anilines is 1. The summed E-state index contributed by atoms with van der Waals surface area (Å²) in [6.45, 7) is 4.71. The van der Waals surface area contributed by atoms with Crippen molar-refractivity contribution in [1.29, 1.82) is 0 Å². The average Bonchev–Trinajstić information content (AvgIpc) is 3.05. The van der Waals surface area contributed by atoms with Gasteiger partial charge in [-0.1, -0.05) is 47.9 Å². The number of hydrogen-bond acceptors (Lipinski definition) is 5. The molecule has 0 amide bonds. The van der Waals surface area contributed by atoms with Gasteiger partial charge in [0.2, 0.25) is 0 Å². The molecular weight excluding hydrogens is 372 g/mol. The lowest BCUT2D eigenvalue weighted by Gasteiger charge is -2.10. The number of hydrogen-bond donors (Lipinski definition) is 1. The second-order valence-electron chi connectivity index (χ2n) is 6.75. The number of methoxy groups -OCH3 is 2. The number of aromatic nitrogens is 1. The fourth-order valence-electron chi connectivity index (χ4n) is 3.04. The molecule has 0 aliphatic heterocycles. The van der Waals surface area contributed by atoms with Crippen LogP contribution in [0.3, 0.4) is 0 Å². The van der Waals surface area contributed by atoms with Crippen LogP contribution in [0.5, 0.6) is 11.5 Å². The maximum atomic E-state index is 12.9. The normalized spacial score (nSPS) is 10.9. The highest BCUT2D eigenvalue weighted by molar-refractivity contribution is 7.11. The van der Waals surface area contributed by atoms with Crippen molar-refractivity contribution in [2.45, 2.75) is 26.3 Å². The molecule has 0 bridgehead atoms. The monoisotopic (exact) mass is 398 g/mol. The Labute approximate surface area is 169 Å². The first-order chi connectivity index (χ1) is 13.5. The van der Waals surface area contributed by atoms with Gasteiger partial charge in [-0.3, -0.25) is 8.75 Å². The summed E-state index contributed by atoms with van der Waals surface area (Å²) in [4.78, 5) is 13.9. The molecule has 28 heavy (non-hydrogen) atoms. The molecule has 1 heterocycles. The number of nitrogens with zero attached hydrogens (tertiary/aromatic N) is 1. The molecule has 3 rings (SSSR count). The van der Waals surface area contributed by atoms with Crippen LogP contribution in [0.4, 0.5) is 5.69 Å². The van der Waals surface area contributed by atoms with E-state index in [1.54, 1.807) is 14.2 Å². The Morgan fingerprint density at radius 2 is 1.75 bits per heavy atom. The van der Waals surface area contributed by atoms with E-state index >= 15 is 0 Å². The minimum absolute atomic E-state index is 0.0335. The molecule has 5 nitrogen and oxygen atoms in total. The predicted molar refractivity (Wildman–Crippen MR) is 116 cm³/mol. The van der Waals surface area contributed by atoms with Gasteiger partial charge in [0.05, 0.1) is 19.1 Å². The van der Waals surface area contributed by atoms with Crippen LogP contribution in [0, 0.1) is 0 Å². The summed E-state index contributed by atoms with van der Waals surface area (Å²) >= 11 is 1.51. The van der Waals surface area contributed by atoms with Gasteiger partial charge in [0.1, 0.15) is 5.69 Å². The minimum atomic E-state index is 0.0335. The van der Waals surface area contributed by atoms with Crippen LogP contribution < -0.4 is 20.3 Å². The molecule has 0 saturated carbocycles. The highest BCUT2D eigenvalue weighted by Gasteiger charge is 2.18. The second kappa shape index (κ2) is 8.97. The van der Waals surface area contributed by atoms with Gasteiger partial charge in [-0.2, -0.15) is 0 Å². The fraction of sp³-hybridized carbons (Fsp3) is 0.318. The average molecular weight is 399 g/mol. The van der Waals surface area contributed by atoms with Crippen LogP contribution in [0.15, 0.2) is 53.3 Å². The Hall–Kier alpha value is -2.73. The largest absolute Gasteiger partial charge is 0.493 e. The van der Waals surface area contributed by atoms with Gasteiger partial charge in [-0.15, -0.1) is 0 Å². The molecule has 0 fully saturated rings. The van der Waals surface area contributed by atoms with Gasteiger partial charge in [-0.05, 0) is 43.5 Å². The highest BCUT2D eigenvalue weighted by atomic mass is 32.1. The topological polar surface area (TPSA) is 52.5 Å². The Balaban J connectivity index is 1.82. The molecule has 148 valence electrons. The van der Waals surface area contributed by atoms with Gasteiger partial charge < -0.3 is 14.8 Å². The van der Waals surface area contributed by atoms with Crippen molar-refractivity contribution >= 4 is 17.2 Å². The zero-order valence-corrected chi connectivity index (χ0v) is 17.5. The smallest absolute Gasteiger partial charge is 0.284 e. The minimum Gasteiger partial charge on any atom is -0.493 e. The van der Waals surface area contributed by atoms with Crippen LogP contribution in [-0.2, 0) is 6.42 Å². The Kier molecular flexibility index (Phi) is 6.41. The van der Waals surface area contributed by atoms with Crippen molar-refractivity contribution in [3.05, 3.63) is 64.4 Å². The highest BCUT2D eigenvalue weighted by Crippen LogP contribution is 2.32. The number of benzene rings is 2. The lowest BCUT2D eigenvalue weighted by molar-refractivity contribution is 0.354. The van der Waals surface area contributed by atoms with Crippen molar-refractivity contribution in [1.82, 2.24) is 3.96 Å². The zero-order valence-electron chi connectivity index (χ0n) is 16.7.